The van der Waals surface area contributed by atoms with E-state index in [1.165, 1.54) is 24.4 Å². The van der Waals surface area contributed by atoms with Gasteiger partial charge in [0.1, 0.15) is 12.4 Å². The zero-order chi connectivity index (χ0) is 19.9. The number of aromatic nitrogens is 1. The molecule has 0 saturated carbocycles. The number of carbonyl (C=O) groups is 1. The summed E-state index contributed by atoms with van der Waals surface area (Å²) in [5, 5.41) is 9.22. The largest absolute Gasteiger partial charge is 0.487 e. The van der Waals surface area contributed by atoms with E-state index in [0.29, 0.717) is 22.9 Å². The molecule has 0 spiro atoms. The highest BCUT2D eigenvalue weighted by molar-refractivity contribution is 6.31. The van der Waals surface area contributed by atoms with Crippen LogP contribution in [0.4, 0.5) is 4.39 Å². The average Bonchev–Trinajstić information content (AvgIpc) is 2.68. The quantitative estimate of drug-likeness (QED) is 0.543. The first-order valence-electron chi connectivity index (χ1n) is 8.22. The molecule has 2 aromatic carbocycles. The molecule has 28 heavy (non-hydrogen) atoms. The lowest BCUT2D eigenvalue weighted by atomic mass is 10.2. The molecule has 0 bridgehead atoms. The predicted octanol–water partition coefficient (Wildman–Crippen LogP) is 5.34. The Labute approximate surface area is 165 Å². The Morgan fingerprint density at radius 2 is 2.00 bits per heavy atom. The van der Waals surface area contributed by atoms with Crippen LogP contribution in [0, 0.1) is 5.82 Å². The van der Waals surface area contributed by atoms with Gasteiger partial charge in [-0.1, -0.05) is 35.9 Å². The Hall–Kier alpha value is -3.38. The molecule has 3 aromatic rings. The molecule has 0 saturated heterocycles. The first kappa shape index (κ1) is 19.4. The third-order valence-electron chi connectivity index (χ3n) is 3.65. The third-order valence-corrected chi connectivity index (χ3v) is 4.02. The molecular formula is C21H15ClFNO4. The van der Waals surface area contributed by atoms with Crippen LogP contribution >= 0.6 is 11.6 Å². The van der Waals surface area contributed by atoms with Crippen LogP contribution in [0.5, 0.6) is 17.4 Å². The summed E-state index contributed by atoms with van der Waals surface area (Å²) in [5.74, 6) is -1.06. The molecule has 0 fully saturated rings. The number of nitrogens with zero attached hydrogens (tertiary/aromatic N) is 1. The van der Waals surface area contributed by atoms with Crippen LogP contribution in [0.1, 0.15) is 11.1 Å². The number of pyridine rings is 1. The van der Waals surface area contributed by atoms with Gasteiger partial charge in [0.25, 0.3) is 0 Å². The first-order chi connectivity index (χ1) is 13.5. The number of hydrogen-bond donors (Lipinski definition) is 1. The fraction of sp³-hybridized carbons (Fsp3) is 0.0476. The van der Waals surface area contributed by atoms with Crippen LogP contribution in [0.25, 0.3) is 6.08 Å². The predicted molar refractivity (Wildman–Crippen MR) is 103 cm³/mol. The minimum absolute atomic E-state index is 0.0234. The van der Waals surface area contributed by atoms with Crippen molar-refractivity contribution in [3.63, 3.8) is 0 Å². The Kier molecular flexibility index (Phi) is 6.24. The van der Waals surface area contributed by atoms with Gasteiger partial charge in [0, 0.05) is 22.7 Å². The van der Waals surface area contributed by atoms with Crippen LogP contribution in [0.2, 0.25) is 5.02 Å². The molecule has 1 aromatic heterocycles. The molecule has 0 aliphatic rings. The topological polar surface area (TPSA) is 68.7 Å². The maximum Gasteiger partial charge on any atom is 0.328 e. The van der Waals surface area contributed by atoms with Gasteiger partial charge in [0.15, 0.2) is 11.6 Å². The van der Waals surface area contributed by atoms with Gasteiger partial charge < -0.3 is 14.6 Å². The number of carboxylic acids is 1. The summed E-state index contributed by atoms with van der Waals surface area (Å²) in [6.07, 6.45) is 3.69. The monoisotopic (exact) mass is 399 g/mol. The van der Waals surface area contributed by atoms with E-state index in [1.54, 1.807) is 24.3 Å². The number of carboxylic acid groups (broad SMARTS) is 1. The van der Waals surface area contributed by atoms with E-state index in [2.05, 4.69) is 4.98 Å². The number of halogens is 2. The summed E-state index contributed by atoms with van der Waals surface area (Å²) < 4.78 is 25.2. The second-order valence-electron chi connectivity index (χ2n) is 5.68. The standard InChI is InChI=1S/C21H15ClFNO4/c22-17-4-2-1-3-15(17)13-27-16-7-9-20(24-12-16)28-19-8-5-14(11-18(19)23)6-10-21(25)26/h1-12H,13H2,(H,25,26)/b10-6+. The third kappa shape index (κ3) is 5.31. The SMILES string of the molecule is O=C(O)/C=C/c1ccc(Oc2ccc(OCc3ccccc3Cl)cn2)c(F)c1. The second kappa shape index (κ2) is 9.01. The van der Waals surface area contributed by atoms with Crippen molar-refractivity contribution < 1.29 is 23.8 Å². The van der Waals surface area contributed by atoms with E-state index < -0.39 is 11.8 Å². The van der Waals surface area contributed by atoms with Crippen molar-refractivity contribution in [1.29, 1.82) is 0 Å². The van der Waals surface area contributed by atoms with Crippen LogP contribution in [0.15, 0.2) is 66.9 Å². The molecule has 142 valence electrons. The number of rotatable bonds is 7. The Morgan fingerprint density at radius 1 is 1.18 bits per heavy atom. The van der Waals surface area contributed by atoms with Gasteiger partial charge in [-0.3, -0.25) is 0 Å². The summed E-state index contributed by atoms with van der Waals surface area (Å²) in [7, 11) is 0. The van der Waals surface area contributed by atoms with Crippen molar-refractivity contribution in [1.82, 2.24) is 4.98 Å². The summed E-state index contributed by atoms with van der Waals surface area (Å²) in [6, 6.07) is 14.7. The molecule has 7 heteroatoms. The molecule has 3 rings (SSSR count). The summed E-state index contributed by atoms with van der Waals surface area (Å²) in [5.41, 5.74) is 1.26. The molecule has 1 heterocycles. The van der Waals surface area contributed by atoms with Gasteiger partial charge in [-0.15, -0.1) is 0 Å². The smallest absolute Gasteiger partial charge is 0.328 e. The van der Waals surface area contributed by atoms with E-state index in [0.717, 1.165) is 11.6 Å². The number of benzene rings is 2. The minimum atomic E-state index is -1.11. The molecule has 0 amide bonds. The van der Waals surface area contributed by atoms with Crippen molar-refractivity contribution in [2.45, 2.75) is 6.61 Å². The Bertz CT molecular complexity index is 1010. The van der Waals surface area contributed by atoms with Gasteiger partial charge in [-0.05, 0) is 35.9 Å². The normalized spacial score (nSPS) is 10.8. The summed E-state index contributed by atoms with van der Waals surface area (Å²) in [6.45, 7) is 0.293. The van der Waals surface area contributed by atoms with Gasteiger partial charge in [-0.2, -0.15) is 0 Å². The van der Waals surface area contributed by atoms with Gasteiger partial charge in [-0.25, -0.2) is 14.2 Å². The Morgan fingerprint density at radius 3 is 2.68 bits per heavy atom. The zero-order valence-electron chi connectivity index (χ0n) is 14.5. The lowest BCUT2D eigenvalue weighted by molar-refractivity contribution is -0.131. The molecule has 0 aliphatic heterocycles. The minimum Gasteiger partial charge on any atom is -0.487 e. The summed E-state index contributed by atoms with van der Waals surface area (Å²) >= 11 is 6.08. The van der Waals surface area contributed by atoms with E-state index >= 15 is 0 Å². The maximum absolute atomic E-state index is 14.1. The van der Waals surface area contributed by atoms with Crippen LogP contribution in [-0.2, 0) is 11.4 Å². The summed E-state index contributed by atoms with van der Waals surface area (Å²) in [4.78, 5) is 14.6. The molecule has 0 aliphatic carbocycles. The zero-order valence-corrected chi connectivity index (χ0v) is 15.3. The van der Waals surface area contributed by atoms with E-state index in [-0.39, 0.29) is 11.6 Å². The fourth-order valence-electron chi connectivity index (χ4n) is 2.27. The van der Waals surface area contributed by atoms with E-state index in [1.807, 2.05) is 18.2 Å². The number of hydrogen-bond acceptors (Lipinski definition) is 4. The maximum atomic E-state index is 14.1. The highest BCUT2D eigenvalue weighted by atomic mass is 35.5. The highest BCUT2D eigenvalue weighted by Crippen LogP contribution is 2.26. The fourth-order valence-corrected chi connectivity index (χ4v) is 2.46. The van der Waals surface area contributed by atoms with E-state index in [9.17, 15) is 9.18 Å². The van der Waals surface area contributed by atoms with Crippen molar-refractivity contribution >= 4 is 23.6 Å². The lowest BCUT2D eigenvalue weighted by Crippen LogP contribution is -1.97. The molecule has 0 unspecified atom stereocenters. The Balaban J connectivity index is 1.62. The van der Waals surface area contributed by atoms with Gasteiger partial charge in [0.2, 0.25) is 5.88 Å². The van der Waals surface area contributed by atoms with Crippen molar-refractivity contribution in [2.75, 3.05) is 0 Å². The second-order valence-corrected chi connectivity index (χ2v) is 6.08. The van der Waals surface area contributed by atoms with Crippen LogP contribution < -0.4 is 9.47 Å². The van der Waals surface area contributed by atoms with Crippen LogP contribution in [-0.4, -0.2) is 16.1 Å². The average molecular weight is 400 g/mol. The van der Waals surface area contributed by atoms with Gasteiger partial charge >= 0.3 is 5.97 Å². The lowest BCUT2D eigenvalue weighted by Gasteiger charge is -2.09. The number of aliphatic carboxylic acids is 1. The van der Waals surface area contributed by atoms with Crippen LogP contribution in [0.3, 0.4) is 0 Å². The van der Waals surface area contributed by atoms with Crippen molar-refractivity contribution in [3.05, 3.63) is 88.8 Å². The molecular weight excluding hydrogens is 385 g/mol. The molecule has 1 N–H and O–H groups in total. The molecule has 5 nitrogen and oxygen atoms in total. The number of ether oxygens (including phenoxy) is 2. The van der Waals surface area contributed by atoms with Crippen molar-refractivity contribution in [3.8, 4) is 17.4 Å². The molecule has 0 atom stereocenters. The van der Waals surface area contributed by atoms with Crippen molar-refractivity contribution in [2.24, 2.45) is 0 Å². The van der Waals surface area contributed by atoms with Gasteiger partial charge in [0.05, 0.1) is 6.20 Å². The molecule has 0 radical (unpaired) electrons. The first-order valence-corrected chi connectivity index (χ1v) is 8.60. The highest BCUT2D eigenvalue weighted by Gasteiger charge is 2.07. The van der Waals surface area contributed by atoms with E-state index in [4.69, 9.17) is 26.2 Å².